The molecular formula is C18H26N2O4. The number of benzene rings is 1. The Balaban J connectivity index is 2.91. The van der Waals surface area contributed by atoms with E-state index in [0.717, 1.165) is 0 Å². The molecule has 0 fully saturated rings. The van der Waals surface area contributed by atoms with Crippen LogP contribution in [-0.2, 0) is 4.79 Å². The molecule has 0 aliphatic heterocycles. The minimum absolute atomic E-state index is 0.0184. The predicted molar refractivity (Wildman–Crippen MR) is 93.5 cm³/mol. The Morgan fingerprint density at radius 2 is 2.04 bits per heavy atom. The van der Waals surface area contributed by atoms with E-state index in [2.05, 4.69) is 11.9 Å². The molecule has 132 valence electrons. The highest BCUT2D eigenvalue weighted by atomic mass is 16.5. The molecule has 0 spiro atoms. The number of ether oxygens (including phenoxy) is 2. The minimum Gasteiger partial charge on any atom is -0.493 e. The summed E-state index contributed by atoms with van der Waals surface area (Å²) in [5, 5.41) is 2.78. The SMILES string of the molecule is C=CCOc1ccc(C(=O)N(CC)CC(=O)NC(C)C)cc1OC. The van der Waals surface area contributed by atoms with Crippen LogP contribution in [0.1, 0.15) is 31.1 Å². The molecule has 6 heteroatoms. The topological polar surface area (TPSA) is 67.9 Å². The highest BCUT2D eigenvalue weighted by molar-refractivity contribution is 5.97. The Kier molecular flexibility index (Phi) is 7.82. The number of carbonyl (C=O) groups is 2. The number of hydrogen-bond acceptors (Lipinski definition) is 4. The van der Waals surface area contributed by atoms with Gasteiger partial charge in [0, 0.05) is 18.2 Å². The Morgan fingerprint density at radius 3 is 2.58 bits per heavy atom. The zero-order chi connectivity index (χ0) is 18.1. The standard InChI is InChI=1S/C18H26N2O4/c1-6-10-24-15-9-8-14(11-16(15)23-5)18(22)20(7-2)12-17(21)19-13(3)4/h6,8-9,11,13H,1,7,10,12H2,2-5H3,(H,19,21). The van der Waals surface area contributed by atoms with E-state index < -0.39 is 0 Å². The summed E-state index contributed by atoms with van der Waals surface area (Å²) in [7, 11) is 1.51. The van der Waals surface area contributed by atoms with Crippen LogP contribution in [0.2, 0.25) is 0 Å². The normalized spacial score (nSPS) is 10.2. The van der Waals surface area contributed by atoms with Crippen molar-refractivity contribution in [3.8, 4) is 11.5 Å². The average Bonchev–Trinajstić information content (AvgIpc) is 2.56. The molecule has 1 rings (SSSR count). The molecule has 0 saturated heterocycles. The second-order valence-electron chi connectivity index (χ2n) is 5.51. The van der Waals surface area contributed by atoms with Crippen LogP contribution in [0.5, 0.6) is 11.5 Å². The Morgan fingerprint density at radius 1 is 1.33 bits per heavy atom. The lowest BCUT2D eigenvalue weighted by molar-refractivity contribution is -0.122. The lowest BCUT2D eigenvalue weighted by atomic mass is 10.1. The van der Waals surface area contributed by atoms with Gasteiger partial charge in [-0.1, -0.05) is 12.7 Å². The summed E-state index contributed by atoms with van der Waals surface area (Å²) < 4.78 is 10.7. The summed E-state index contributed by atoms with van der Waals surface area (Å²) in [6.07, 6.45) is 1.63. The maximum absolute atomic E-state index is 12.6. The van der Waals surface area contributed by atoms with E-state index in [1.165, 1.54) is 12.0 Å². The quantitative estimate of drug-likeness (QED) is 0.703. The Hall–Kier alpha value is -2.50. The molecule has 0 saturated carbocycles. The first-order valence-corrected chi connectivity index (χ1v) is 7.93. The van der Waals surface area contributed by atoms with Crippen molar-refractivity contribution in [2.24, 2.45) is 0 Å². The van der Waals surface area contributed by atoms with Crippen molar-refractivity contribution >= 4 is 11.8 Å². The van der Waals surface area contributed by atoms with Gasteiger partial charge < -0.3 is 19.7 Å². The Labute approximate surface area is 143 Å². The molecule has 24 heavy (non-hydrogen) atoms. The number of hydrogen-bond donors (Lipinski definition) is 1. The van der Waals surface area contributed by atoms with Crippen LogP contribution in [0.25, 0.3) is 0 Å². The van der Waals surface area contributed by atoms with E-state index in [0.29, 0.717) is 30.2 Å². The fourth-order valence-electron chi connectivity index (χ4n) is 2.12. The number of methoxy groups -OCH3 is 1. The third kappa shape index (κ3) is 5.61. The van der Waals surface area contributed by atoms with E-state index in [4.69, 9.17) is 9.47 Å². The first-order chi connectivity index (χ1) is 11.4. The molecular weight excluding hydrogens is 308 g/mol. The molecule has 2 amide bonds. The van der Waals surface area contributed by atoms with Gasteiger partial charge in [-0.05, 0) is 39.0 Å². The van der Waals surface area contributed by atoms with Crippen molar-refractivity contribution in [3.05, 3.63) is 36.4 Å². The van der Waals surface area contributed by atoms with Gasteiger partial charge in [-0.25, -0.2) is 0 Å². The zero-order valence-electron chi connectivity index (χ0n) is 14.8. The van der Waals surface area contributed by atoms with Crippen LogP contribution >= 0.6 is 0 Å². The van der Waals surface area contributed by atoms with E-state index in [9.17, 15) is 9.59 Å². The smallest absolute Gasteiger partial charge is 0.254 e. The van der Waals surface area contributed by atoms with Gasteiger partial charge in [-0.2, -0.15) is 0 Å². The third-order valence-corrected chi connectivity index (χ3v) is 3.22. The number of rotatable bonds is 9. The van der Waals surface area contributed by atoms with Gasteiger partial charge in [0.1, 0.15) is 6.61 Å². The summed E-state index contributed by atoms with van der Waals surface area (Å²) in [4.78, 5) is 26.0. The highest BCUT2D eigenvalue weighted by Crippen LogP contribution is 2.28. The third-order valence-electron chi connectivity index (χ3n) is 3.22. The fraction of sp³-hybridized carbons (Fsp3) is 0.444. The van der Waals surface area contributed by atoms with Gasteiger partial charge in [0.05, 0.1) is 13.7 Å². The molecule has 0 aliphatic carbocycles. The molecule has 0 heterocycles. The van der Waals surface area contributed by atoms with Crippen molar-refractivity contribution in [1.29, 1.82) is 0 Å². The largest absolute Gasteiger partial charge is 0.493 e. The fourth-order valence-corrected chi connectivity index (χ4v) is 2.12. The Bertz CT molecular complexity index is 584. The van der Waals surface area contributed by atoms with Gasteiger partial charge in [0.25, 0.3) is 5.91 Å². The van der Waals surface area contributed by atoms with E-state index in [1.54, 1.807) is 24.3 Å². The average molecular weight is 334 g/mol. The summed E-state index contributed by atoms with van der Waals surface area (Å²) in [6, 6.07) is 4.99. The second kappa shape index (κ2) is 9.60. The van der Waals surface area contributed by atoms with Crippen LogP contribution in [0.4, 0.5) is 0 Å². The number of likely N-dealkylation sites (N-methyl/N-ethyl adjacent to an activating group) is 1. The van der Waals surface area contributed by atoms with E-state index in [1.807, 2.05) is 20.8 Å². The maximum Gasteiger partial charge on any atom is 0.254 e. The van der Waals surface area contributed by atoms with Gasteiger partial charge >= 0.3 is 0 Å². The summed E-state index contributed by atoms with van der Waals surface area (Å²) in [5.41, 5.74) is 0.442. The van der Waals surface area contributed by atoms with E-state index >= 15 is 0 Å². The van der Waals surface area contributed by atoms with Crippen LogP contribution in [-0.4, -0.2) is 49.6 Å². The molecule has 0 aliphatic rings. The van der Waals surface area contributed by atoms with Gasteiger partial charge in [0.2, 0.25) is 5.91 Å². The molecule has 1 aromatic carbocycles. The lowest BCUT2D eigenvalue weighted by Gasteiger charge is -2.21. The predicted octanol–water partition coefficient (Wildman–Crippen LogP) is 2.25. The van der Waals surface area contributed by atoms with Crippen molar-refractivity contribution in [1.82, 2.24) is 10.2 Å². The highest BCUT2D eigenvalue weighted by Gasteiger charge is 2.19. The van der Waals surface area contributed by atoms with Crippen molar-refractivity contribution in [2.75, 3.05) is 26.8 Å². The monoisotopic (exact) mass is 334 g/mol. The molecule has 0 atom stereocenters. The molecule has 0 radical (unpaired) electrons. The summed E-state index contributed by atoms with van der Waals surface area (Å²) in [5.74, 6) is 0.586. The first-order valence-electron chi connectivity index (χ1n) is 7.93. The molecule has 1 aromatic rings. The molecule has 0 aromatic heterocycles. The summed E-state index contributed by atoms with van der Waals surface area (Å²) >= 11 is 0. The van der Waals surface area contributed by atoms with E-state index in [-0.39, 0.29) is 24.4 Å². The van der Waals surface area contributed by atoms with Crippen molar-refractivity contribution in [2.45, 2.75) is 26.8 Å². The van der Waals surface area contributed by atoms with Crippen LogP contribution in [0.3, 0.4) is 0 Å². The van der Waals surface area contributed by atoms with Crippen LogP contribution in [0, 0.1) is 0 Å². The van der Waals surface area contributed by atoms with Gasteiger partial charge in [0.15, 0.2) is 11.5 Å². The molecule has 0 bridgehead atoms. The van der Waals surface area contributed by atoms with Crippen molar-refractivity contribution in [3.63, 3.8) is 0 Å². The molecule has 6 nitrogen and oxygen atoms in total. The minimum atomic E-state index is -0.232. The van der Waals surface area contributed by atoms with Crippen molar-refractivity contribution < 1.29 is 19.1 Å². The lowest BCUT2D eigenvalue weighted by Crippen LogP contribution is -2.42. The summed E-state index contributed by atoms with van der Waals surface area (Å²) in [6.45, 7) is 9.98. The van der Waals surface area contributed by atoms with Gasteiger partial charge in [-0.3, -0.25) is 9.59 Å². The number of amides is 2. The number of carbonyl (C=O) groups excluding carboxylic acids is 2. The maximum atomic E-state index is 12.6. The van der Waals surface area contributed by atoms with Crippen LogP contribution in [0.15, 0.2) is 30.9 Å². The first kappa shape index (κ1) is 19.5. The number of nitrogens with zero attached hydrogens (tertiary/aromatic N) is 1. The zero-order valence-corrected chi connectivity index (χ0v) is 14.8. The van der Waals surface area contributed by atoms with Gasteiger partial charge in [-0.15, -0.1) is 0 Å². The molecule has 1 N–H and O–H groups in total. The second-order valence-corrected chi connectivity index (χ2v) is 5.51. The molecule has 0 unspecified atom stereocenters. The van der Waals surface area contributed by atoms with Crippen LogP contribution < -0.4 is 14.8 Å². The number of nitrogens with one attached hydrogen (secondary N) is 1.